The molecule has 0 aliphatic rings. The van der Waals surface area contributed by atoms with E-state index in [9.17, 15) is 0 Å². The molecule has 1 heterocycles. The smallest absolute Gasteiger partial charge is 0.148 e. The van der Waals surface area contributed by atoms with Gasteiger partial charge in [0.25, 0.3) is 0 Å². The molecule has 2 N–H and O–H groups in total. The van der Waals surface area contributed by atoms with E-state index in [2.05, 4.69) is 0 Å². The van der Waals surface area contributed by atoms with Crippen molar-refractivity contribution in [3.05, 3.63) is 50.1 Å². The van der Waals surface area contributed by atoms with Gasteiger partial charge in [-0.05, 0) is 43.2 Å². The molecule has 108 valence electrons. The van der Waals surface area contributed by atoms with Gasteiger partial charge >= 0.3 is 0 Å². The summed E-state index contributed by atoms with van der Waals surface area (Å²) in [5, 5.41) is 0.589. The molecule has 0 amide bonds. The molecule has 2 atom stereocenters. The van der Waals surface area contributed by atoms with Crippen molar-refractivity contribution in [3.63, 3.8) is 0 Å². The summed E-state index contributed by atoms with van der Waals surface area (Å²) in [4.78, 5) is 1.02. The fraction of sp³-hybridized carbons (Fsp3) is 0.333. The number of rotatable bonds is 5. The van der Waals surface area contributed by atoms with Crippen LogP contribution < -0.4 is 10.5 Å². The molecule has 1 aromatic carbocycles. The molecule has 0 bridgehead atoms. The molecule has 0 radical (unpaired) electrons. The number of aryl methyl sites for hydroxylation is 1. The molecule has 2 rings (SSSR count). The third-order valence-electron chi connectivity index (χ3n) is 3.08. The number of ether oxygens (including phenoxy) is 1. The molecule has 0 aliphatic heterocycles. The van der Waals surface area contributed by atoms with Crippen molar-refractivity contribution in [2.75, 3.05) is 0 Å². The van der Waals surface area contributed by atoms with Crippen molar-refractivity contribution in [1.82, 2.24) is 0 Å². The Kier molecular flexibility index (Phi) is 5.33. The van der Waals surface area contributed by atoms with E-state index < -0.39 is 0 Å². The van der Waals surface area contributed by atoms with Gasteiger partial charge in [-0.25, -0.2) is 0 Å². The Labute approximate surface area is 133 Å². The van der Waals surface area contributed by atoms with Crippen molar-refractivity contribution in [1.29, 1.82) is 0 Å². The number of halogens is 2. The molecule has 20 heavy (non-hydrogen) atoms. The average Bonchev–Trinajstić information content (AvgIpc) is 2.85. The number of thiophene rings is 1. The summed E-state index contributed by atoms with van der Waals surface area (Å²) in [7, 11) is 0. The van der Waals surface area contributed by atoms with Gasteiger partial charge in [-0.1, -0.05) is 36.2 Å². The van der Waals surface area contributed by atoms with Crippen LogP contribution in [0.25, 0.3) is 0 Å². The van der Waals surface area contributed by atoms with Crippen LogP contribution >= 0.6 is 34.5 Å². The second kappa shape index (κ2) is 6.81. The molecule has 0 fully saturated rings. The largest absolute Gasteiger partial charge is 0.482 e. The van der Waals surface area contributed by atoms with Crippen LogP contribution in [0.1, 0.15) is 29.9 Å². The Morgan fingerprint density at radius 2 is 2.00 bits per heavy atom. The van der Waals surface area contributed by atoms with E-state index in [-0.39, 0.29) is 12.1 Å². The number of hydrogen-bond donors (Lipinski definition) is 1. The van der Waals surface area contributed by atoms with Crippen LogP contribution in [0.5, 0.6) is 5.75 Å². The van der Waals surface area contributed by atoms with E-state index in [4.69, 9.17) is 33.7 Å². The first-order valence-electron chi connectivity index (χ1n) is 6.45. The molecule has 2 aromatic rings. The summed E-state index contributed by atoms with van der Waals surface area (Å²) in [5.41, 5.74) is 7.28. The van der Waals surface area contributed by atoms with Gasteiger partial charge in [0.15, 0.2) is 0 Å². The number of benzene rings is 1. The first-order chi connectivity index (χ1) is 9.51. The Bertz CT molecular complexity index is 585. The van der Waals surface area contributed by atoms with E-state index in [0.29, 0.717) is 10.8 Å². The van der Waals surface area contributed by atoms with Gasteiger partial charge in [0, 0.05) is 10.9 Å². The minimum absolute atomic E-state index is 0.110. The zero-order valence-electron chi connectivity index (χ0n) is 11.4. The van der Waals surface area contributed by atoms with Gasteiger partial charge in [-0.3, -0.25) is 0 Å². The minimum atomic E-state index is -0.239. The molecule has 0 aliphatic carbocycles. The zero-order chi connectivity index (χ0) is 14.7. The highest BCUT2D eigenvalue weighted by Gasteiger charge is 2.23. The first-order valence-corrected chi connectivity index (χ1v) is 8.02. The molecular weight excluding hydrogens is 313 g/mol. The van der Waals surface area contributed by atoms with Crippen LogP contribution in [0.3, 0.4) is 0 Å². The maximum atomic E-state index is 6.19. The Hall–Kier alpha value is -0.740. The molecule has 2 nitrogen and oxygen atoms in total. The van der Waals surface area contributed by atoms with E-state index in [1.165, 1.54) is 11.3 Å². The van der Waals surface area contributed by atoms with Gasteiger partial charge < -0.3 is 10.5 Å². The van der Waals surface area contributed by atoms with Crippen molar-refractivity contribution < 1.29 is 4.74 Å². The van der Waals surface area contributed by atoms with Crippen molar-refractivity contribution in [3.8, 4) is 5.75 Å². The third kappa shape index (κ3) is 3.67. The molecule has 0 spiro atoms. The quantitative estimate of drug-likeness (QED) is 0.815. The number of nitrogens with two attached hydrogens (primary N) is 1. The molecular formula is C15H17Cl2NOS. The molecule has 0 saturated carbocycles. The molecule has 2 unspecified atom stereocenters. The van der Waals surface area contributed by atoms with Crippen LogP contribution in [0.4, 0.5) is 0 Å². The fourth-order valence-corrected chi connectivity index (χ4v) is 3.22. The molecule has 5 heteroatoms. The summed E-state index contributed by atoms with van der Waals surface area (Å²) in [6.07, 6.45) is 0.570. The van der Waals surface area contributed by atoms with Crippen LogP contribution in [-0.4, -0.2) is 6.04 Å². The summed E-state index contributed by atoms with van der Waals surface area (Å²) in [5.74, 6) is 0.657. The first kappa shape index (κ1) is 15.6. The van der Waals surface area contributed by atoms with E-state index in [1.54, 1.807) is 0 Å². The van der Waals surface area contributed by atoms with Crippen LogP contribution in [0, 0.1) is 6.92 Å². The Morgan fingerprint density at radius 1 is 1.25 bits per heavy atom. The Morgan fingerprint density at radius 3 is 2.60 bits per heavy atom. The average molecular weight is 330 g/mol. The van der Waals surface area contributed by atoms with Gasteiger partial charge in [-0.2, -0.15) is 0 Å². The lowest BCUT2D eigenvalue weighted by Crippen LogP contribution is -2.31. The lowest BCUT2D eigenvalue weighted by atomic mass is 10.1. The van der Waals surface area contributed by atoms with E-state index >= 15 is 0 Å². The highest BCUT2D eigenvalue weighted by molar-refractivity contribution is 7.16. The van der Waals surface area contributed by atoms with Gasteiger partial charge in [-0.15, -0.1) is 11.3 Å². The summed E-state index contributed by atoms with van der Waals surface area (Å²) in [6.45, 7) is 4.04. The third-order valence-corrected chi connectivity index (χ3v) is 4.68. The molecule has 1 aromatic heterocycles. The van der Waals surface area contributed by atoms with Gasteiger partial charge in [0.2, 0.25) is 0 Å². The second-order valence-corrected chi connectivity index (χ2v) is 6.84. The van der Waals surface area contributed by atoms with E-state index in [1.807, 2.05) is 44.2 Å². The lowest BCUT2D eigenvalue weighted by molar-refractivity contribution is 0.174. The lowest BCUT2D eigenvalue weighted by Gasteiger charge is -2.24. The topological polar surface area (TPSA) is 35.2 Å². The monoisotopic (exact) mass is 329 g/mol. The second-order valence-electron chi connectivity index (χ2n) is 4.69. The summed E-state index contributed by atoms with van der Waals surface area (Å²) < 4.78 is 6.80. The fourth-order valence-electron chi connectivity index (χ4n) is 1.89. The maximum Gasteiger partial charge on any atom is 0.148 e. The maximum absolute atomic E-state index is 6.19. The van der Waals surface area contributed by atoms with Gasteiger partial charge in [0.05, 0.1) is 9.36 Å². The highest BCUT2D eigenvalue weighted by Crippen LogP contribution is 2.35. The minimum Gasteiger partial charge on any atom is -0.482 e. The van der Waals surface area contributed by atoms with Gasteiger partial charge in [0.1, 0.15) is 11.9 Å². The SMILES string of the molecule is CCC(N)C(Oc1cc(C)ccc1Cl)c1ccc(Cl)s1. The predicted molar refractivity (Wildman–Crippen MR) is 87.2 cm³/mol. The normalized spacial score (nSPS) is 14.1. The van der Waals surface area contributed by atoms with Crippen LogP contribution in [0.15, 0.2) is 30.3 Å². The molecule has 0 saturated heterocycles. The predicted octanol–water partition coefficient (Wildman–Crippen LogP) is 5.22. The van der Waals surface area contributed by atoms with Crippen LogP contribution in [0.2, 0.25) is 9.36 Å². The van der Waals surface area contributed by atoms with E-state index in [0.717, 1.165) is 21.2 Å². The van der Waals surface area contributed by atoms with Crippen LogP contribution in [-0.2, 0) is 0 Å². The van der Waals surface area contributed by atoms with Crippen molar-refractivity contribution >= 4 is 34.5 Å². The standard InChI is InChI=1S/C15H17Cl2NOS/c1-3-11(18)15(13-6-7-14(17)20-13)19-12-8-9(2)4-5-10(12)16/h4-8,11,15H,3,18H2,1-2H3. The zero-order valence-corrected chi connectivity index (χ0v) is 13.7. The Balaban J connectivity index is 2.30. The highest BCUT2D eigenvalue weighted by atomic mass is 35.5. The summed E-state index contributed by atoms with van der Waals surface area (Å²) >= 11 is 13.7. The summed E-state index contributed by atoms with van der Waals surface area (Å²) in [6, 6.07) is 9.41. The number of hydrogen-bond acceptors (Lipinski definition) is 3. The van der Waals surface area contributed by atoms with Crippen molar-refractivity contribution in [2.24, 2.45) is 5.73 Å². The van der Waals surface area contributed by atoms with Crippen molar-refractivity contribution in [2.45, 2.75) is 32.4 Å².